The standard InChI is InChI=1S/C12H15N5OS/c1-8(7-9-3-2-6-19-9)14-12(18)10-4-5-11(15-13)17-16-10/h2-6,8H,7,13H2,1H3,(H,14,18)(H,15,17). The number of rotatable bonds is 5. The summed E-state index contributed by atoms with van der Waals surface area (Å²) in [5.74, 6) is 5.36. The molecular weight excluding hydrogens is 262 g/mol. The normalized spacial score (nSPS) is 11.9. The van der Waals surface area contributed by atoms with E-state index in [1.54, 1.807) is 23.5 Å². The summed E-state index contributed by atoms with van der Waals surface area (Å²) >= 11 is 1.68. The van der Waals surface area contributed by atoms with Gasteiger partial charge in [0.1, 0.15) is 0 Å². The lowest BCUT2D eigenvalue weighted by molar-refractivity contribution is 0.0934. The first-order chi connectivity index (χ1) is 9.19. The first-order valence-corrected chi connectivity index (χ1v) is 6.70. The molecule has 4 N–H and O–H groups in total. The molecule has 2 rings (SSSR count). The summed E-state index contributed by atoms with van der Waals surface area (Å²) in [4.78, 5) is 13.2. The molecule has 0 saturated heterocycles. The molecule has 2 aromatic heterocycles. The first kappa shape index (κ1) is 13.4. The number of nitrogens with zero attached hydrogens (tertiary/aromatic N) is 2. The Morgan fingerprint density at radius 1 is 1.42 bits per heavy atom. The minimum Gasteiger partial charge on any atom is -0.348 e. The molecule has 0 aromatic carbocycles. The number of nitrogen functional groups attached to an aromatic ring is 1. The Balaban J connectivity index is 1.92. The highest BCUT2D eigenvalue weighted by Crippen LogP contribution is 2.11. The molecule has 0 spiro atoms. The third-order valence-electron chi connectivity index (χ3n) is 2.51. The zero-order valence-corrected chi connectivity index (χ0v) is 11.3. The number of carbonyl (C=O) groups excluding carboxylic acids is 1. The third kappa shape index (κ3) is 3.73. The van der Waals surface area contributed by atoms with E-state index in [-0.39, 0.29) is 17.6 Å². The Labute approximate surface area is 115 Å². The molecule has 1 amide bonds. The molecule has 0 saturated carbocycles. The van der Waals surface area contributed by atoms with Crippen molar-refractivity contribution >= 4 is 23.1 Å². The van der Waals surface area contributed by atoms with E-state index in [0.29, 0.717) is 5.82 Å². The van der Waals surface area contributed by atoms with E-state index >= 15 is 0 Å². The van der Waals surface area contributed by atoms with E-state index in [2.05, 4.69) is 27.0 Å². The lowest BCUT2D eigenvalue weighted by Crippen LogP contribution is -2.34. The van der Waals surface area contributed by atoms with Crippen LogP contribution >= 0.6 is 11.3 Å². The van der Waals surface area contributed by atoms with E-state index in [1.807, 2.05) is 18.4 Å². The molecule has 1 unspecified atom stereocenters. The van der Waals surface area contributed by atoms with Gasteiger partial charge in [-0.1, -0.05) is 6.07 Å². The van der Waals surface area contributed by atoms with Crippen LogP contribution in [0.3, 0.4) is 0 Å². The van der Waals surface area contributed by atoms with Gasteiger partial charge in [0.05, 0.1) is 0 Å². The molecule has 1 atom stereocenters. The lowest BCUT2D eigenvalue weighted by atomic mass is 10.2. The Hall–Kier alpha value is -1.99. The summed E-state index contributed by atoms with van der Waals surface area (Å²) < 4.78 is 0. The van der Waals surface area contributed by atoms with Gasteiger partial charge >= 0.3 is 0 Å². The highest BCUT2D eigenvalue weighted by Gasteiger charge is 2.12. The molecule has 0 radical (unpaired) electrons. The highest BCUT2D eigenvalue weighted by molar-refractivity contribution is 7.09. The topological polar surface area (TPSA) is 92.9 Å². The van der Waals surface area contributed by atoms with Crippen molar-refractivity contribution < 1.29 is 4.79 Å². The minimum atomic E-state index is -0.236. The van der Waals surface area contributed by atoms with Gasteiger partial charge in [0, 0.05) is 17.3 Å². The number of nitrogens with one attached hydrogen (secondary N) is 2. The lowest BCUT2D eigenvalue weighted by Gasteiger charge is -2.12. The SMILES string of the molecule is CC(Cc1cccs1)NC(=O)c1ccc(NN)nn1. The van der Waals surface area contributed by atoms with Gasteiger partial charge in [-0.2, -0.15) is 0 Å². The molecule has 0 fully saturated rings. The fourth-order valence-electron chi connectivity index (χ4n) is 1.61. The van der Waals surface area contributed by atoms with Gasteiger partial charge in [0.25, 0.3) is 5.91 Å². The zero-order chi connectivity index (χ0) is 13.7. The predicted molar refractivity (Wildman–Crippen MR) is 74.8 cm³/mol. The number of carbonyl (C=O) groups is 1. The summed E-state index contributed by atoms with van der Waals surface area (Å²) in [6.45, 7) is 1.96. The number of thiophene rings is 1. The van der Waals surface area contributed by atoms with Crippen molar-refractivity contribution in [3.8, 4) is 0 Å². The number of amides is 1. The third-order valence-corrected chi connectivity index (χ3v) is 3.41. The second kappa shape index (κ2) is 6.26. The van der Waals surface area contributed by atoms with E-state index < -0.39 is 0 Å². The number of anilines is 1. The van der Waals surface area contributed by atoms with Gasteiger partial charge in [-0.3, -0.25) is 4.79 Å². The molecule has 19 heavy (non-hydrogen) atoms. The summed E-state index contributed by atoms with van der Waals surface area (Å²) in [7, 11) is 0. The molecule has 6 nitrogen and oxygen atoms in total. The monoisotopic (exact) mass is 277 g/mol. The molecule has 7 heteroatoms. The zero-order valence-electron chi connectivity index (χ0n) is 10.5. The number of hydrazine groups is 1. The number of nitrogens with two attached hydrogens (primary N) is 1. The van der Waals surface area contributed by atoms with E-state index in [1.165, 1.54) is 4.88 Å². The Morgan fingerprint density at radius 2 is 2.26 bits per heavy atom. The Kier molecular flexibility index (Phi) is 4.43. The maximum atomic E-state index is 11.9. The van der Waals surface area contributed by atoms with E-state index in [9.17, 15) is 4.79 Å². The average molecular weight is 277 g/mol. The maximum absolute atomic E-state index is 11.9. The first-order valence-electron chi connectivity index (χ1n) is 5.82. The molecule has 2 aromatic rings. The molecular formula is C12H15N5OS. The largest absolute Gasteiger partial charge is 0.348 e. The molecule has 100 valence electrons. The summed E-state index contributed by atoms with van der Waals surface area (Å²) in [5.41, 5.74) is 2.63. The second-order valence-electron chi connectivity index (χ2n) is 4.11. The number of hydrogen-bond donors (Lipinski definition) is 3. The fraction of sp³-hybridized carbons (Fsp3) is 0.250. The van der Waals surface area contributed by atoms with Crippen molar-refractivity contribution in [2.45, 2.75) is 19.4 Å². The van der Waals surface area contributed by atoms with Gasteiger partial charge in [-0.25, -0.2) is 5.84 Å². The van der Waals surface area contributed by atoms with Crippen LogP contribution in [0.4, 0.5) is 5.82 Å². The smallest absolute Gasteiger partial charge is 0.272 e. The van der Waals surface area contributed by atoms with Crippen molar-refractivity contribution in [2.75, 3.05) is 5.43 Å². The van der Waals surface area contributed by atoms with Crippen LogP contribution in [0.15, 0.2) is 29.6 Å². The van der Waals surface area contributed by atoms with Gasteiger partial charge in [0.2, 0.25) is 0 Å². The van der Waals surface area contributed by atoms with Gasteiger partial charge in [-0.15, -0.1) is 21.5 Å². The molecule has 0 aliphatic carbocycles. The van der Waals surface area contributed by atoms with E-state index in [0.717, 1.165) is 6.42 Å². The molecule has 2 heterocycles. The van der Waals surface area contributed by atoms with Crippen LogP contribution in [-0.4, -0.2) is 22.1 Å². The fourth-order valence-corrected chi connectivity index (χ4v) is 2.44. The van der Waals surface area contributed by atoms with Crippen molar-refractivity contribution in [2.24, 2.45) is 5.84 Å². The van der Waals surface area contributed by atoms with Crippen LogP contribution in [0, 0.1) is 0 Å². The van der Waals surface area contributed by atoms with Crippen LogP contribution < -0.4 is 16.6 Å². The highest BCUT2D eigenvalue weighted by atomic mass is 32.1. The number of aromatic nitrogens is 2. The summed E-state index contributed by atoms with van der Waals surface area (Å²) in [6.07, 6.45) is 0.805. The molecule has 0 aliphatic rings. The quantitative estimate of drug-likeness (QED) is 0.564. The summed E-state index contributed by atoms with van der Waals surface area (Å²) in [5, 5.41) is 12.5. The van der Waals surface area contributed by atoms with E-state index in [4.69, 9.17) is 5.84 Å². The average Bonchev–Trinajstić information content (AvgIpc) is 2.91. The second-order valence-corrected chi connectivity index (χ2v) is 5.14. The van der Waals surface area contributed by atoms with Crippen LogP contribution in [-0.2, 0) is 6.42 Å². The van der Waals surface area contributed by atoms with Crippen molar-refractivity contribution in [1.29, 1.82) is 0 Å². The van der Waals surface area contributed by atoms with Gasteiger partial charge in [0.15, 0.2) is 11.5 Å². The van der Waals surface area contributed by atoms with Crippen LogP contribution in [0.25, 0.3) is 0 Å². The van der Waals surface area contributed by atoms with Crippen LogP contribution in [0.2, 0.25) is 0 Å². The van der Waals surface area contributed by atoms with Gasteiger partial charge < -0.3 is 10.7 Å². The van der Waals surface area contributed by atoms with Crippen molar-refractivity contribution in [3.05, 3.63) is 40.2 Å². The molecule has 0 bridgehead atoms. The summed E-state index contributed by atoms with van der Waals surface area (Å²) in [6, 6.07) is 7.27. The van der Waals surface area contributed by atoms with Crippen LogP contribution in [0.1, 0.15) is 22.3 Å². The maximum Gasteiger partial charge on any atom is 0.272 e. The number of hydrogen-bond acceptors (Lipinski definition) is 6. The molecule has 0 aliphatic heterocycles. The minimum absolute atomic E-state index is 0.0419. The Morgan fingerprint density at radius 3 is 2.84 bits per heavy atom. The predicted octanol–water partition coefficient (Wildman–Crippen LogP) is 1.18. The van der Waals surface area contributed by atoms with Crippen molar-refractivity contribution in [1.82, 2.24) is 15.5 Å². The van der Waals surface area contributed by atoms with Gasteiger partial charge in [-0.05, 0) is 30.5 Å². The van der Waals surface area contributed by atoms with Crippen molar-refractivity contribution in [3.63, 3.8) is 0 Å². The van der Waals surface area contributed by atoms with Crippen LogP contribution in [0.5, 0.6) is 0 Å². The Bertz CT molecular complexity index is 526.